The van der Waals surface area contributed by atoms with Gasteiger partial charge in [-0.15, -0.1) is 0 Å². The third kappa shape index (κ3) is 3.33. The Hall–Kier alpha value is -2.00. The highest BCUT2D eigenvalue weighted by Crippen LogP contribution is 2.24. The lowest BCUT2D eigenvalue weighted by molar-refractivity contribution is 0.490. The molecular formula is C17H25N5O3S. The Labute approximate surface area is 153 Å². The summed E-state index contributed by atoms with van der Waals surface area (Å²) in [6.07, 6.45) is 1.75. The molecule has 0 aromatic carbocycles. The maximum Gasteiger partial charge on any atom is 0.266 e. The van der Waals surface area contributed by atoms with Crippen molar-refractivity contribution >= 4 is 10.0 Å². The molecule has 0 radical (unpaired) electrons. The predicted molar refractivity (Wildman–Crippen MR) is 97.7 cm³/mol. The van der Waals surface area contributed by atoms with Crippen LogP contribution in [0.3, 0.4) is 0 Å². The molecule has 0 aliphatic heterocycles. The summed E-state index contributed by atoms with van der Waals surface area (Å²) in [6.45, 7) is 7.42. The molecule has 142 valence electrons. The van der Waals surface area contributed by atoms with Crippen LogP contribution in [0.1, 0.15) is 49.0 Å². The lowest BCUT2D eigenvalue weighted by Gasteiger charge is -2.24. The van der Waals surface area contributed by atoms with Gasteiger partial charge in [-0.25, -0.2) is 17.8 Å². The van der Waals surface area contributed by atoms with E-state index in [1.54, 1.807) is 31.6 Å². The molecule has 1 N–H and O–H groups in total. The van der Waals surface area contributed by atoms with E-state index in [1.807, 2.05) is 13.8 Å². The zero-order valence-corrected chi connectivity index (χ0v) is 16.6. The monoisotopic (exact) mass is 379 g/mol. The van der Waals surface area contributed by atoms with E-state index < -0.39 is 10.0 Å². The minimum atomic E-state index is -3.69. The molecule has 1 atom stereocenters. The number of hydrogen-bond acceptors (Lipinski definition) is 5. The summed E-state index contributed by atoms with van der Waals surface area (Å²) >= 11 is 0. The Bertz CT molecular complexity index is 1000. The Balaban J connectivity index is 1.87. The summed E-state index contributed by atoms with van der Waals surface area (Å²) in [5, 5.41) is 8.64. The molecule has 2 heterocycles. The van der Waals surface area contributed by atoms with Crippen LogP contribution in [0.25, 0.3) is 0 Å². The standard InChI is InChI=1S/C17H25N5O3S/c1-10(2)22-12(4)17(11(3)18-22)26(24,25)20-14-6-7-15-13(8-14)9-16(23)21(5)19-15/h9-10,14,20H,6-8H2,1-5H3. The fourth-order valence-electron chi connectivity index (χ4n) is 3.60. The molecule has 26 heavy (non-hydrogen) atoms. The van der Waals surface area contributed by atoms with Crippen LogP contribution in [0.5, 0.6) is 0 Å². The second-order valence-corrected chi connectivity index (χ2v) is 8.83. The molecule has 3 rings (SSSR count). The van der Waals surface area contributed by atoms with Crippen LogP contribution in [-0.4, -0.2) is 34.0 Å². The van der Waals surface area contributed by atoms with Crippen molar-refractivity contribution < 1.29 is 8.42 Å². The molecule has 8 nitrogen and oxygen atoms in total. The van der Waals surface area contributed by atoms with Crippen LogP contribution < -0.4 is 10.3 Å². The molecular weight excluding hydrogens is 354 g/mol. The van der Waals surface area contributed by atoms with Crippen LogP contribution in [0.15, 0.2) is 15.8 Å². The van der Waals surface area contributed by atoms with E-state index in [9.17, 15) is 13.2 Å². The number of nitrogens with one attached hydrogen (secondary N) is 1. The van der Waals surface area contributed by atoms with Gasteiger partial charge in [0.25, 0.3) is 5.56 Å². The maximum absolute atomic E-state index is 13.0. The minimum absolute atomic E-state index is 0.0847. The Morgan fingerprint density at radius 3 is 2.58 bits per heavy atom. The van der Waals surface area contributed by atoms with Crippen LogP contribution in [-0.2, 0) is 29.9 Å². The topological polar surface area (TPSA) is 98.9 Å². The first-order valence-corrected chi connectivity index (χ1v) is 10.2. The summed E-state index contributed by atoms with van der Waals surface area (Å²) in [6, 6.07) is 1.37. The van der Waals surface area contributed by atoms with Gasteiger partial charge in [-0.2, -0.15) is 10.2 Å². The molecule has 1 unspecified atom stereocenters. The third-order valence-corrected chi connectivity index (χ3v) is 6.56. The van der Waals surface area contributed by atoms with E-state index in [4.69, 9.17) is 0 Å². The van der Waals surface area contributed by atoms with Gasteiger partial charge in [0.05, 0.1) is 17.1 Å². The van der Waals surface area contributed by atoms with E-state index in [0.717, 1.165) is 11.3 Å². The van der Waals surface area contributed by atoms with Crippen molar-refractivity contribution in [1.29, 1.82) is 0 Å². The van der Waals surface area contributed by atoms with Crippen molar-refractivity contribution in [3.63, 3.8) is 0 Å². The normalized spacial score (nSPS) is 17.5. The number of aryl methyl sites for hydroxylation is 3. The second-order valence-electron chi connectivity index (χ2n) is 7.18. The van der Waals surface area contributed by atoms with E-state index in [1.165, 1.54) is 4.68 Å². The van der Waals surface area contributed by atoms with Gasteiger partial charge in [0.15, 0.2) is 0 Å². The number of sulfonamides is 1. The van der Waals surface area contributed by atoms with E-state index in [2.05, 4.69) is 14.9 Å². The Morgan fingerprint density at radius 2 is 1.96 bits per heavy atom. The lowest BCUT2D eigenvalue weighted by Crippen LogP contribution is -2.40. The number of nitrogens with zero attached hydrogens (tertiary/aromatic N) is 4. The lowest BCUT2D eigenvalue weighted by atomic mass is 9.93. The summed E-state index contributed by atoms with van der Waals surface area (Å²) in [5.74, 6) is 0. The molecule has 0 saturated heterocycles. The molecule has 2 aromatic rings. The highest BCUT2D eigenvalue weighted by molar-refractivity contribution is 7.89. The molecule has 2 aromatic heterocycles. The van der Waals surface area contributed by atoms with Crippen LogP contribution >= 0.6 is 0 Å². The molecule has 0 fully saturated rings. The average Bonchev–Trinajstić information content (AvgIpc) is 2.84. The number of fused-ring (bicyclic) bond motifs is 1. The fraction of sp³-hybridized carbons (Fsp3) is 0.588. The van der Waals surface area contributed by atoms with Gasteiger partial charge in [0.1, 0.15) is 4.90 Å². The predicted octanol–water partition coefficient (Wildman–Crippen LogP) is 1.01. The molecule has 0 saturated carbocycles. The number of hydrogen-bond donors (Lipinski definition) is 1. The molecule has 1 aliphatic rings. The summed E-state index contributed by atoms with van der Waals surface area (Å²) in [4.78, 5) is 12.1. The second kappa shape index (κ2) is 6.62. The van der Waals surface area contributed by atoms with Crippen molar-refractivity contribution in [3.8, 4) is 0 Å². The first kappa shape index (κ1) is 18.8. The summed E-state index contributed by atoms with van der Waals surface area (Å²) < 4.78 is 31.8. The Kier molecular flexibility index (Phi) is 4.78. The zero-order chi connectivity index (χ0) is 19.2. The molecule has 0 bridgehead atoms. The van der Waals surface area contributed by atoms with Gasteiger partial charge in [0, 0.05) is 25.2 Å². The van der Waals surface area contributed by atoms with Gasteiger partial charge in [0.2, 0.25) is 10.0 Å². The highest BCUT2D eigenvalue weighted by Gasteiger charge is 2.30. The Morgan fingerprint density at radius 1 is 1.27 bits per heavy atom. The van der Waals surface area contributed by atoms with Crippen molar-refractivity contribution in [2.75, 3.05) is 0 Å². The van der Waals surface area contributed by atoms with Gasteiger partial charge < -0.3 is 0 Å². The van der Waals surface area contributed by atoms with Crippen molar-refractivity contribution in [2.24, 2.45) is 7.05 Å². The van der Waals surface area contributed by atoms with Crippen molar-refractivity contribution in [3.05, 3.63) is 39.1 Å². The van der Waals surface area contributed by atoms with E-state index >= 15 is 0 Å². The van der Waals surface area contributed by atoms with Gasteiger partial charge >= 0.3 is 0 Å². The SMILES string of the molecule is Cc1nn(C(C)C)c(C)c1S(=O)(=O)NC1CCc2nn(C)c(=O)cc2C1. The van der Waals surface area contributed by atoms with Gasteiger partial charge in [-0.1, -0.05) is 0 Å². The molecule has 1 aliphatic carbocycles. The quantitative estimate of drug-likeness (QED) is 0.855. The maximum atomic E-state index is 13.0. The summed E-state index contributed by atoms with van der Waals surface area (Å²) in [7, 11) is -2.07. The van der Waals surface area contributed by atoms with Gasteiger partial charge in [-0.05, 0) is 52.5 Å². The number of aromatic nitrogens is 4. The summed E-state index contributed by atoms with van der Waals surface area (Å²) in [5.41, 5.74) is 2.63. The average molecular weight is 379 g/mol. The smallest absolute Gasteiger partial charge is 0.266 e. The zero-order valence-electron chi connectivity index (χ0n) is 15.8. The minimum Gasteiger partial charge on any atom is -0.268 e. The van der Waals surface area contributed by atoms with E-state index in [0.29, 0.717) is 30.7 Å². The largest absolute Gasteiger partial charge is 0.268 e. The number of rotatable bonds is 4. The van der Waals surface area contributed by atoms with Crippen molar-refractivity contribution in [2.45, 2.75) is 63.9 Å². The first-order valence-electron chi connectivity index (χ1n) is 8.74. The van der Waals surface area contributed by atoms with Crippen LogP contribution in [0.4, 0.5) is 0 Å². The molecule has 0 spiro atoms. The van der Waals surface area contributed by atoms with Crippen LogP contribution in [0, 0.1) is 13.8 Å². The fourth-order valence-corrected chi connectivity index (χ4v) is 5.27. The third-order valence-electron chi connectivity index (χ3n) is 4.79. The van der Waals surface area contributed by atoms with Crippen LogP contribution in [0.2, 0.25) is 0 Å². The molecule has 0 amide bonds. The highest BCUT2D eigenvalue weighted by atomic mass is 32.2. The van der Waals surface area contributed by atoms with Gasteiger partial charge in [-0.3, -0.25) is 9.48 Å². The molecule has 9 heteroatoms. The van der Waals surface area contributed by atoms with Crippen molar-refractivity contribution in [1.82, 2.24) is 24.3 Å². The first-order chi connectivity index (χ1) is 12.1. The van der Waals surface area contributed by atoms with E-state index in [-0.39, 0.29) is 22.5 Å².